The standard InChI is InChI=1S/C18H20N6O2.ClH/c1-26-17-5-3-2-4-16(17)24-12-13(9-21-24)18(25)20-10-14-8-15-11-19-6-7-23(15)22-14;/h2-5,8-9,12,19H,6-7,10-11H2,1H3,(H,20,25);1H. The van der Waals surface area contributed by atoms with Crippen molar-refractivity contribution in [2.45, 2.75) is 19.6 Å². The number of carbonyl (C=O) groups is 1. The minimum Gasteiger partial charge on any atom is -0.494 e. The first kappa shape index (κ1) is 18.9. The third-order valence-electron chi connectivity index (χ3n) is 4.33. The third-order valence-corrected chi connectivity index (χ3v) is 4.33. The predicted octanol–water partition coefficient (Wildman–Crippen LogP) is 1.53. The normalized spacial score (nSPS) is 12.8. The highest BCUT2D eigenvalue weighted by atomic mass is 35.5. The molecule has 1 aromatic carbocycles. The zero-order chi connectivity index (χ0) is 17.9. The fourth-order valence-electron chi connectivity index (χ4n) is 3.00. The molecule has 8 nitrogen and oxygen atoms in total. The maximum Gasteiger partial charge on any atom is 0.254 e. The van der Waals surface area contributed by atoms with Crippen molar-refractivity contribution in [1.82, 2.24) is 30.2 Å². The summed E-state index contributed by atoms with van der Waals surface area (Å²) in [6.07, 6.45) is 3.24. The van der Waals surface area contributed by atoms with E-state index in [9.17, 15) is 4.79 Å². The third kappa shape index (κ3) is 3.96. The molecule has 9 heteroatoms. The number of nitrogens with zero attached hydrogens (tertiary/aromatic N) is 4. The van der Waals surface area contributed by atoms with E-state index in [0.29, 0.717) is 17.9 Å². The Bertz CT molecular complexity index is 912. The number of amides is 1. The molecule has 0 bridgehead atoms. The smallest absolute Gasteiger partial charge is 0.254 e. The number of carbonyl (C=O) groups excluding carboxylic acids is 1. The van der Waals surface area contributed by atoms with Gasteiger partial charge in [-0.25, -0.2) is 4.68 Å². The predicted molar refractivity (Wildman–Crippen MR) is 102 cm³/mol. The van der Waals surface area contributed by atoms with Gasteiger partial charge >= 0.3 is 0 Å². The summed E-state index contributed by atoms with van der Waals surface area (Å²) in [6.45, 7) is 2.98. The zero-order valence-corrected chi connectivity index (χ0v) is 15.7. The summed E-state index contributed by atoms with van der Waals surface area (Å²) >= 11 is 0. The molecule has 142 valence electrons. The Kier molecular flexibility index (Phi) is 5.78. The molecule has 2 aromatic heterocycles. The van der Waals surface area contributed by atoms with Gasteiger partial charge in [0.2, 0.25) is 0 Å². The van der Waals surface area contributed by atoms with Gasteiger partial charge in [-0.3, -0.25) is 9.48 Å². The highest BCUT2D eigenvalue weighted by Crippen LogP contribution is 2.21. The maximum atomic E-state index is 12.4. The number of nitrogens with one attached hydrogen (secondary N) is 2. The molecular weight excluding hydrogens is 368 g/mol. The molecule has 4 rings (SSSR count). The topological polar surface area (TPSA) is 86.0 Å². The molecule has 0 spiro atoms. The van der Waals surface area contributed by atoms with Crippen molar-refractivity contribution < 1.29 is 9.53 Å². The van der Waals surface area contributed by atoms with Crippen LogP contribution in [0.4, 0.5) is 0 Å². The van der Waals surface area contributed by atoms with Gasteiger partial charge in [-0.2, -0.15) is 10.2 Å². The zero-order valence-electron chi connectivity index (χ0n) is 14.9. The molecule has 1 aliphatic heterocycles. The number of halogens is 1. The summed E-state index contributed by atoms with van der Waals surface area (Å²) in [6, 6.07) is 9.54. The molecule has 3 heterocycles. The lowest BCUT2D eigenvalue weighted by Crippen LogP contribution is -2.28. The molecule has 2 N–H and O–H groups in total. The molecule has 0 radical (unpaired) electrons. The number of fused-ring (bicyclic) bond motifs is 1. The van der Waals surface area contributed by atoms with Crippen molar-refractivity contribution in [2.24, 2.45) is 0 Å². The van der Waals surface area contributed by atoms with Gasteiger partial charge < -0.3 is 15.4 Å². The summed E-state index contributed by atoms with van der Waals surface area (Å²) in [5, 5.41) is 15.0. The Morgan fingerprint density at radius 1 is 1.37 bits per heavy atom. The number of hydrogen-bond acceptors (Lipinski definition) is 5. The van der Waals surface area contributed by atoms with Crippen molar-refractivity contribution in [2.75, 3.05) is 13.7 Å². The van der Waals surface area contributed by atoms with Gasteiger partial charge in [0.05, 0.1) is 43.3 Å². The molecular formula is C18H21ClN6O2. The van der Waals surface area contributed by atoms with Gasteiger partial charge in [0.15, 0.2) is 0 Å². The van der Waals surface area contributed by atoms with E-state index in [-0.39, 0.29) is 18.3 Å². The minimum atomic E-state index is -0.185. The van der Waals surface area contributed by atoms with Crippen LogP contribution in [0, 0.1) is 0 Å². The van der Waals surface area contributed by atoms with Crippen LogP contribution in [0.25, 0.3) is 5.69 Å². The Labute approximate surface area is 162 Å². The lowest BCUT2D eigenvalue weighted by Gasteiger charge is -2.13. The maximum absolute atomic E-state index is 12.4. The number of para-hydroxylation sites is 2. The fourth-order valence-corrected chi connectivity index (χ4v) is 3.00. The Morgan fingerprint density at radius 3 is 3.04 bits per heavy atom. The Hall–Kier alpha value is -2.84. The molecule has 0 unspecified atom stereocenters. The summed E-state index contributed by atoms with van der Waals surface area (Å²) in [7, 11) is 1.61. The Balaban J connectivity index is 0.00000210. The monoisotopic (exact) mass is 388 g/mol. The lowest BCUT2D eigenvalue weighted by atomic mass is 10.3. The van der Waals surface area contributed by atoms with Crippen LogP contribution >= 0.6 is 12.4 Å². The van der Waals surface area contributed by atoms with E-state index < -0.39 is 0 Å². The van der Waals surface area contributed by atoms with E-state index in [1.165, 1.54) is 0 Å². The molecule has 1 aliphatic rings. The quantitative estimate of drug-likeness (QED) is 0.692. The van der Waals surface area contributed by atoms with E-state index in [0.717, 1.165) is 36.7 Å². The van der Waals surface area contributed by atoms with E-state index in [1.54, 1.807) is 24.2 Å². The van der Waals surface area contributed by atoms with Crippen LogP contribution in [0.3, 0.4) is 0 Å². The molecule has 0 fully saturated rings. The molecule has 0 aliphatic carbocycles. The van der Waals surface area contributed by atoms with E-state index >= 15 is 0 Å². The van der Waals surface area contributed by atoms with Crippen LogP contribution in [0.2, 0.25) is 0 Å². The summed E-state index contributed by atoms with van der Waals surface area (Å²) < 4.78 is 8.96. The summed E-state index contributed by atoms with van der Waals surface area (Å²) in [5.74, 6) is 0.509. The average Bonchev–Trinajstić information content (AvgIpc) is 3.33. The van der Waals surface area contributed by atoms with Crippen LogP contribution in [0.1, 0.15) is 21.7 Å². The van der Waals surface area contributed by atoms with E-state index in [4.69, 9.17) is 4.74 Å². The second kappa shape index (κ2) is 8.24. The van der Waals surface area contributed by atoms with Gasteiger partial charge in [0, 0.05) is 19.3 Å². The number of ether oxygens (including phenoxy) is 1. The number of aromatic nitrogens is 4. The van der Waals surface area contributed by atoms with E-state index in [1.807, 2.05) is 35.0 Å². The van der Waals surface area contributed by atoms with Crippen LogP contribution in [-0.2, 0) is 19.6 Å². The summed E-state index contributed by atoms with van der Waals surface area (Å²) in [4.78, 5) is 12.4. The SMILES string of the molecule is COc1ccccc1-n1cc(C(=O)NCc2cc3n(n2)CCNC3)cn1.Cl. The van der Waals surface area contributed by atoms with Gasteiger partial charge in [0.25, 0.3) is 5.91 Å². The van der Waals surface area contributed by atoms with Crippen molar-refractivity contribution in [3.8, 4) is 11.4 Å². The van der Waals surface area contributed by atoms with Gasteiger partial charge in [-0.15, -0.1) is 12.4 Å². The minimum absolute atomic E-state index is 0. The lowest BCUT2D eigenvalue weighted by molar-refractivity contribution is 0.0950. The van der Waals surface area contributed by atoms with Crippen LogP contribution in [0.5, 0.6) is 5.75 Å². The first-order valence-corrected chi connectivity index (χ1v) is 8.47. The number of rotatable bonds is 5. The number of methoxy groups -OCH3 is 1. The molecule has 1 amide bonds. The highest BCUT2D eigenvalue weighted by molar-refractivity contribution is 5.93. The second-order valence-corrected chi connectivity index (χ2v) is 6.06. The van der Waals surface area contributed by atoms with Crippen LogP contribution in [0.15, 0.2) is 42.7 Å². The first-order valence-electron chi connectivity index (χ1n) is 8.47. The van der Waals surface area contributed by atoms with Gasteiger partial charge in [0.1, 0.15) is 11.4 Å². The van der Waals surface area contributed by atoms with Crippen molar-refractivity contribution >= 4 is 18.3 Å². The van der Waals surface area contributed by atoms with Crippen LogP contribution in [-0.4, -0.2) is 39.1 Å². The van der Waals surface area contributed by atoms with Gasteiger partial charge in [-0.05, 0) is 18.2 Å². The average molecular weight is 389 g/mol. The van der Waals surface area contributed by atoms with Crippen molar-refractivity contribution in [3.63, 3.8) is 0 Å². The second-order valence-electron chi connectivity index (χ2n) is 6.06. The molecule has 0 atom stereocenters. The van der Waals surface area contributed by atoms with Crippen LogP contribution < -0.4 is 15.4 Å². The first-order chi connectivity index (χ1) is 12.7. The Morgan fingerprint density at radius 2 is 2.22 bits per heavy atom. The largest absolute Gasteiger partial charge is 0.494 e. The summed E-state index contributed by atoms with van der Waals surface area (Å²) in [5.41, 5.74) is 3.27. The van der Waals surface area contributed by atoms with Gasteiger partial charge in [-0.1, -0.05) is 12.1 Å². The highest BCUT2D eigenvalue weighted by Gasteiger charge is 2.14. The van der Waals surface area contributed by atoms with Crippen molar-refractivity contribution in [3.05, 3.63) is 59.7 Å². The number of benzene rings is 1. The molecule has 0 saturated heterocycles. The molecule has 3 aromatic rings. The number of hydrogen-bond donors (Lipinski definition) is 2. The molecule has 0 saturated carbocycles. The van der Waals surface area contributed by atoms with Crippen molar-refractivity contribution in [1.29, 1.82) is 0 Å². The van der Waals surface area contributed by atoms with E-state index in [2.05, 4.69) is 20.8 Å². The fraction of sp³-hybridized carbons (Fsp3) is 0.278. The molecule has 27 heavy (non-hydrogen) atoms.